The average Bonchev–Trinajstić information content (AvgIpc) is 2.93. The Kier molecular flexibility index (Phi) is 3.77. The monoisotopic (exact) mass is 213 g/mol. The van der Waals surface area contributed by atoms with E-state index in [-0.39, 0.29) is 18.1 Å². The number of amides is 1. The van der Waals surface area contributed by atoms with Crippen LogP contribution in [-0.2, 0) is 9.53 Å². The Morgan fingerprint density at radius 2 is 2.00 bits per heavy atom. The summed E-state index contributed by atoms with van der Waals surface area (Å²) < 4.78 is 5.47. The van der Waals surface area contributed by atoms with E-state index >= 15 is 0 Å². The predicted octanol–water partition coefficient (Wildman–Crippen LogP) is 2.06. The van der Waals surface area contributed by atoms with E-state index < -0.39 is 0 Å². The van der Waals surface area contributed by atoms with Crippen molar-refractivity contribution in [1.29, 1.82) is 0 Å². The van der Waals surface area contributed by atoms with Crippen molar-refractivity contribution >= 4 is 5.91 Å². The predicted molar refractivity (Wildman–Crippen MR) is 60.7 cm³/mol. The third-order valence-electron chi connectivity index (χ3n) is 2.94. The molecule has 0 aromatic carbocycles. The molecule has 1 unspecified atom stereocenters. The first-order valence-electron chi connectivity index (χ1n) is 5.71. The van der Waals surface area contributed by atoms with E-state index in [1.807, 2.05) is 32.7 Å². The summed E-state index contributed by atoms with van der Waals surface area (Å²) in [7, 11) is 1.87. The van der Waals surface area contributed by atoms with Crippen LogP contribution >= 0.6 is 0 Å². The number of hydrogen-bond acceptors (Lipinski definition) is 2. The van der Waals surface area contributed by atoms with Gasteiger partial charge in [-0.15, -0.1) is 0 Å². The summed E-state index contributed by atoms with van der Waals surface area (Å²) in [4.78, 5) is 13.6. The van der Waals surface area contributed by atoms with Gasteiger partial charge in [0.05, 0.1) is 5.60 Å². The molecule has 1 aliphatic carbocycles. The number of hydrogen-bond donors (Lipinski definition) is 0. The molecule has 1 rings (SSSR count). The standard InChI is InChI=1S/C12H23NO2/c1-9(10-6-7-10)13(5)11(14)8-15-12(2,3)4/h9-10H,6-8H2,1-5H3. The maximum Gasteiger partial charge on any atom is 0.248 e. The third-order valence-corrected chi connectivity index (χ3v) is 2.94. The molecule has 15 heavy (non-hydrogen) atoms. The van der Waals surface area contributed by atoms with E-state index in [4.69, 9.17) is 4.74 Å². The molecule has 88 valence electrons. The van der Waals surface area contributed by atoms with Gasteiger partial charge in [-0.25, -0.2) is 0 Å². The van der Waals surface area contributed by atoms with E-state index in [2.05, 4.69) is 6.92 Å². The largest absolute Gasteiger partial charge is 0.366 e. The maximum absolute atomic E-state index is 11.8. The molecule has 3 nitrogen and oxygen atoms in total. The van der Waals surface area contributed by atoms with Gasteiger partial charge in [0.15, 0.2) is 0 Å². The molecule has 0 bridgehead atoms. The van der Waals surface area contributed by atoms with Gasteiger partial charge in [-0.2, -0.15) is 0 Å². The molecule has 0 aromatic rings. The fourth-order valence-corrected chi connectivity index (χ4v) is 1.50. The molecule has 1 atom stereocenters. The fraction of sp³-hybridized carbons (Fsp3) is 0.917. The van der Waals surface area contributed by atoms with E-state index in [0.717, 1.165) is 0 Å². The molecule has 0 spiro atoms. The fourth-order valence-electron chi connectivity index (χ4n) is 1.50. The van der Waals surface area contributed by atoms with E-state index in [0.29, 0.717) is 12.0 Å². The van der Waals surface area contributed by atoms with Crippen LogP contribution in [0.3, 0.4) is 0 Å². The number of nitrogens with zero attached hydrogens (tertiary/aromatic N) is 1. The van der Waals surface area contributed by atoms with Crippen molar-refractivity contribution in [2.24, 2.45) is 5.92 Å². The Balaban J connectivity index is 2.32. The zero-order chi connectivity index (χ0) is 11.6. The van der Waals surface area contributed by atoms with Crippen LogP contribution in [0.4, 0.5) is 0 Å². The van der Waals surface area contributed by atoms with Gasteiger partial charge in [0.25, 0.3) is 0 Å². The minimum atomic E-state index is -0.237. The van der Waals surface area contributed by atoms with Crippen LogP contribution in [0.25, 0.3) is 0 Å². The molecule has 1 fully saturated rings. The van der Waals surface area contributed by atoms with Gasteiger partial charge >= 0.3 is 0 Å². The van der Waals surface area contributed by atoms with Crippen molar-refractivity contribution in [1.82, 2.24) is 4.90 Å². The van der Waals surface area contributed by atoms with Crippen LogP contribution in [0, 0.1) is 5.92 Å². The lowest BCUT2D eigenvalue weighted by atomic mass is 10.2. The molecule has 0 N–H and O–H groups in total. The number of carbonyl (C=O) groups excluding carboxylic acids is 1. The molecule has 0 radical (unpaired) electrons. The van der Waals surface area contributed by atoms with Gasteiger partial charge in [-0.3, -0.25) is 4.79 Å². The topological polar surface area (TPSA) is 29.5 Å². The van der Waals surface area contributed by atoms with Gasteiger partial charge in [0.2, 0.25) is 5.91 Å². The van der Waals surface area contributed by atoms with E-state index in [9.17, 15) is 4.79 Å². The van der Waals surface area contributed by atoms with Gasteiger partial charge in [-0.05, 0) is 46.5 Å². The molecule has 1 amide bonds. The van der Waals surface area contributed by atoms with Gasteiger partial charge in [0, 0.05) is 13.1 Å². The highest BCUT2D eigenvalue weighted by molar-refractivity contribution is 5.77. The second kappa shape index (κ2) is 4.52. The minimum absolute atomic E-state index is 0.0873. The Labute approximate surface area is 92.8 Å². The van der Waals surface area contributed by atoms with Gasteiger partial charge < -0.3 is 9.64 Å². The van der Waals surface area contributed by atoms with Crippen LogP contribution in [0.1, 0.15) is 40.5 Å². The van der Waals surface area contributed by atoms with Crippen LogP contribution in [0.2, 0.25) is 0 Å². The minimum Gasteiger partial charge on any atom is -0.366 e. The zero-order valence-electron chi connectivity index (χ0n) is 10.5. The number of carbonyl (C=O) groups is 1. The molecule has 0 aromatic heterocycles. The second-order valence-electron chi connectivity index (χ2n) is 5.48. The smallest absolute Gasteiger partial charge is 0.248 e. The molecule has 3 heteroatoms. The summed E-state index contributed by atoms with van der Waals surface area (Å²) >= 11 is 0. The summed E-state index contributed by atoms with van der Waals surface area (Å²) in [5, 5.41) is 0. The highest BCUT2D eigenvalue weighted by Crippen LogP contribution is 2.34. The molecule has 0 heterocycles. The van der Waals surface area contributed by atoms with Crippen LogP contribution in [0.15, 0.2) is 0 Å². The first-order valence-corrected chi connectivity index (χ1v) is 5.71. The summed E-state index contributed by atoms with van der Waals surface area (Å²) in [5.41, 5.74) is -0.237. The van der Waals surface area contributed by atoms with Gasteiger partial charge in [-0.1, -0.05) is 0 Å². The van der Waals surface area contributed by atoms with Crippen molar-refractivity contribution < 1.29 is 9.53 Å². The number of likely N-dealkylation sites (N-methyl/N-ethyl adjacent to an activating group) is 1. The van der Waals surface area contributed by atoms with Crippen molar-refractivity contribution in [3.63, 3.8) is 0 Å². The molecule has 1 aliphatic rings. The van der Waals surface area contributed by atoms with Gasteiger partial charge in [0.1, 0.15) is 6.61 Å². The van der Waals surface area contributed by atoms with E-state index in [1.165, 1.54) is 12.8 Å². The van der Waals surface area contributed by atoms with E-state index in [1.54, 1.807) is 0 Å². The number of rotatable bonds is 4. The first kappa shape index (κ1) is 12.5. The van der Waals surface area contributed by atoms with Crippen molar-refractivity contribution in [2.75, 3.05) is 13.7 Å². The Bertz CT molecular complexity index is 228. The van der Waals surface area contributed by atoms with Crippen molar-refractivity contribution in [2.45, 2.75) is 52.2 Å². The highest BCUT2D eigenvalue weighted by Gasteiger charge is 2.32. The normalized spacial score (nSPS) is 18.7. The zero-order valence-corrected chi connectivity index (χ0v) is 10.5. The Morgan fingerprint density at radius 1 is 1.47 bits per heavy atom. The Morgan fingerprint density at radius 3 is 2.40 bits per heavy atom. The first-order chi connectivity index (χ1) is 6.81. The lowest BCUT2D eigenvalue weighted by molar-refractivity contribution is -0.141. The molecule has 0 saturated heterocycles. The highest BCUT2D eigenvalue weighted by atomic mass is 16.5. The van der Waals surface area contributed by atoms with Crippen molar-refractivity contribution in [3.05, 3.63) is 0 Å². The molecular weight excluding hydrogens is 190 g/mol. The summed E-state index contributed by atoms with van der Waals surface area (Å²) in [5.74, 6) is 0.804. The molecule has 1 saturated carbocycles. The maximum atomic E-state index is 11.8. The lowest BCUT2D eigenvalue weighted by Crippen LogP contribution is -2.40. The Hall–Kier alpha value is -0.570. The van der Waals surface area contributed by atoms with Crippen LogP contribution < -0.4 is 0 Å². The summed E-state index contributed by atoms with van der Waals surface area (Å²) in [6.45, 7) is 8.20. The third kappa shape index (κ3) is 4.20. The quantitative estimate of drug-likeness (QED) is 0.715. The molecule has 0 aliphatic heterocycles. The van der Waals surface area contributed by atoms with Crippen LogP contribution in [0.5, 0.6) is 0 Å². The summed E-state index contributed by atoms with van der Waals surface area (Å²) in [6, 6.07) is 0.362. The molecular formula is C12H23NO2. The summed E-state index contributed by atoms with van der Waals surface area (Å²) in [6.07, 6.45) is 2.53. The average molecular weight is 213 g/mol. The van der Waals surface area contributed by atoms with Crippen molar-refractivity contribution in [3.8, 4) is 0 Å². The SMILES string of the molecule is CC(C1CC1)N(C)C(=O)COC(C)(C)C. The lowest BCUT2D eigenvalue weighted by Gasteiger charge is -2.27. The van der Waals surface area contributed by atoms with Crippen LogP contribution in [-0.4, -0.2) is 36.1 Å². The second-order valence-corrected chi connectivity index (χ2v) is 5.48. The number of ether oxygens (including phenoxy) is 1.